The van der Waals surface area contributed by atoms with Gasteiger partial charge in [-0.25, -0.2) is 0 Å². The van der Waals surface area contributed by atoms with Gasteiger partial charge in [-0.15, -0.1) is 118 Å². The number of hydrogen-bond acceptors (Lipinski definition) is 6. The molecule has 6 heterocycles. The standard InChI is InChI=1S/2C23H24NSSi.2C11H8N.2Ir/c1-15(2)16-12-13-24-19(14-16)17-8-6-9-18-22-20(25-23(17)18)10-7-11-21(22)26(3,4)5;1-15(2)16-12-13-24-19(14-16)17-10-11-21(26(3,4)5)22-18-8-6-7-9-20(18)25-23(17)22;2*1-2-6-10(7-3-1)11-8-4-5-9-12-11;;/h6-7,9-15H,1-5H3;6-9,11-15H,1-5H3;2*1-6,8-9H;;/q4*-1;;. The summed E-state index contributed by atoms with van der Waals surface area (Å²) in [6.45, 7) is 23.4. The fourth-order valence-corrected chi connectivity index (χ4v) is 15.0. The second-order valence-corrected chi connectivity index (χ2v) is 33.7. The molecule has 0 unspecified atom stereocenters. The van der Waals surface area contributed by atoms with E-state index in [2.05, 4.69) is 191 Å². The molecule has 0 saturated heterocycles. The Labute approximate surface area is 499 Å². The Morgan fingerprint density at radius 3 is 1.41 bits per heavy atom. The summed E-state index contributed by atoms with van der Waals surface area (Å²) in [6.07, 6.45) is 7.44. The zero-order valence-corrected chi connectivity index (χ0v) is 54.3. The Morgan fingerprint density at radius 2 is 0.897 bits per heavy atom. The number of hydrogen-bond donors (Lipinski definition) is 0. The first-order valence-corrected chi connectivity index (χ1v) is 34.7. The zero-order chi connectivity index (χ0) is 53.4. The van der Waals surface area contributed by atoms with Crippen LogP contribution in [0.4, 0.5) is 0 Å². The summed E-state index contributed by atoms with van der Waals surface area (Å²) >= 11 is 3.76. The van der Waals surface area contributed by atoms with Crippen molar-refractivity contribution in [1.29, 1.82) is 0 Å². The first-order chi connectivity index (χ1) is 36.7. The van der Waals surface area contributed by atoms with Gasteiger partial charge in [0.1, 0.15) is 0 Å². The molecule has 12 aromatic rings. The van der Waals surface area contributed by atoms with Crippen LogP contribution in [-0.4, -0.2) is 36.1 Å². The molecule has 0 atom stereocenters. The monoisotopic (exact) mass is 1440 g/mol. The summed E-state index contributed by atoms with van der Waals surface area (Å²) in [6, 6.07) is 71.5. The van der Waals surface area contributed by atoms with Crippen molar-refractivity contribution in [2.75, 3.05) is 0 Å². The maximum atomic E-state index is 4.69. The van der Waals surface area contributed by atoms with Crippen LogP contribution in [0.2, 0.25) is 39.3 Å². The first kappa shape index (κ1) is 59.7. The van der Waals surface area contributed by atoms with E-state index in [9.17, 15) is 0 Å². The summed E-state index contributed by atoms with van der Waals surface area (Å²) in [7, 11) is -2.89. The number of aromatic nitrogens is 4. The summed E-state index contributed by atoms with van der Waals surface area (Å²) in [5.74, 6) is 0.993. The number of benzene rings is 6. The molecule has 0 aliphatic carbocycles. The van der Waals surface area contributed by atoms with E-state index < -0.39 is 16.1 Å². The fourth-order valence-electron chi connectivity index (χ4n) is 9.19. The Kier molecular flexibility index (Phi) is 20.6. The summed E-state index contributed by atoms with van der Waals surface area (Å²) < 4.78 is 5.37. The topological polar surface area (TPSA) is 51.6 Å². The maximum absolute atomic E-state index is 4.69. The molecule has 0 saturated carbocycles. The van der Waals surface area contributed by atoms with Crippen molar-refractivity contribution < 1.29 is 40.2 Å². The molecule has 0 N–H and O–H groups in total. The predicted octanol–water partition coefficient (Wildman–Crippen LogP) is 18.3. The van der Waals surface area contributed by atoms with Crippen LogP contribution in [-0.2, 0) is 40.2 Å². The molecule has 0 aliphatic rings. The fraction of sp³-hybridized carbons (Fsp3) is 0.176. The smallest absolute Gasteiger partial charge is 0.0783 e. The largest absolute Gasteiger partial charge is 0.305 e. The van der Waals surface area contributed by atoms with E-state index in [1.54, 1.807) is 17.6 Å². The van der Waals surface area contributed by atoms with Crippen LogP contribution >= 0.6 is 22.7 Å². The molecule has 0 amide bonds. The van der Waals surface area contributed by atoms with Crippen molar-refractivity contribution in [3.05, 3.63) is 230 Å². The predicted molar refractivity (Wildman–Crippen MR) is 334 cm³/mol. The Hall–Kier alpha value is -5.91. The molecule has 10 heteroatoms. The second kappa shape index (κ2) is 26.8. The van der Waals surface area contributed by atoms with Crippen molar-refractivity contribution in [2.24, 2.45) is 0 Å². The molecule has 0 bridgehead atoms. The zero-order valence-electron chi connectivity index (χ0n) is 45.9. The molecular weight excluding hydrogens is 1380 g/mol. The van der Waals surface area contributed by atoms with Gasteiger partial charge in [0.15, 0.2) is 0 Å². The first-order valence-electron chi connectivity index (χ1n) is 26.1. The van der Waals surface area contributed by atoms with Crippen molar-refractivity contribution in [3.63, 3.8) is 0 Å². The van der Waals surface area contributed by atoms with Gasteiger partial charge in [0.2, 0.25) is 0 Å². The molecule has 6 aromatic heterocycles. The average molecular weight is 1440 g/mol. The van der Waals surface area contributed by atoms with Crippen LogP contribution in [0.3, 0.4) is 0 Å². The third-order valence-corrected chi connectivity index (χ3v) is 19.7. The molecule has 6 aromatic carbocycles. The van der Waals surface area contributed by atoms with Crippen molar-refractivity contribution in [3.8, 4) is 45.0 Å². The van der Waals surface area contributed by atoms with Crippen molar-refractivity contribution in [2.45, 2.75) is 78.8 Å². The Bertz CT molecular complexity index is 3700. The number of nitrogens with zero attached hydrogens (tertiary/aromatic N) is 4. The molecule has 2 radical (unpaired) electrons. The maximum Gasteiger partial charge on any atom is 0.0783 e. The van der Waals surface area contributed by atoms with Gasteiger partial charge in [-0.2, -0.15) is 22.7 Å². The SMILES string of the molecule is CC(C)c1ccnc(-c2[c-]cc([Si](C)(C)C)c3c2sc2ccccc23)c1.CC(C)c1ccnc(-c2[c-]ccc3c2sc2cccc([Si](C)(C)C)c23)c1.[Ir].[Ir].[c-]1ccccc1-c1ccccn1.[c-]1ccccc1-c1ccccn1. The van der Waals surface area contributed by atoms with Gasteiger partial charge >= 0.3 is 0 Å². The van der Waals surface area contributed by atoms with Crippen molar-refractivity contribution in [1.82, 2.24) is 19.9 Å². The van der Waals surface area contributed by atoms with E-state index in [4.69, 9.17) is 4.98 Å². The van der Waals surface area contributed by atoms with Crippen LogP contribution in [0.1, 0.15) is 50.7 Å². The summed E-state index contributed by atoms with van der Waals surface area (Å²) in [4.78, 5) is 17.8. The molecule has 0 aliphatic heterocycles. The number of fused-ring (bicyclic) bond motifs is 6. The van der Waals surface area contributed by atoms with Gasteiger partial charge in [-0.1, -0.05) is 161 Å². The molecule has 0 fully saturated rings. The van der Waals surface area contributed by atoms with Gasteiger partial charge in [0, 0.05) is 82.5 Å². The van der Waals surface area contributed by atoms with Crippen LogP contribution in [0, 0.1) is 24.3 Å². The van der Waals surface area contributed by atoms with Gasteiger partial charge < -0.3 is 19.9 Å². The minimum absolute atomic E-state index is 0. The normalized spacial score (nSPS) is 11.2. The minimum atomic E-state index is -1.48. The molecule has 398 valence electrons. The molecule has 78 heavy (non-hydrogen) atoms. The third kappa shape index (κ3) is 14.1. The quantitative estimate of drug-likeness (QED) is 0.112. The van der Waals surface area contributed by atoms with Gasteiger partial charge in [0.05, 0.1) is 8.07 Å². The van der Waals surface area contributed by atoms with Crippen LogP contribution < -0.4 is 10.4 Å². The van der Waals surface area contributed by atoms with E-state index >= 15 is 0 Å². The summed E-state index contributed by atoms with van der Waals surface area (Å²) in [5, 5.41) is 8.64. The van der Waals surface area contributed by atoms with Gasteiger partial charge in [0.25, 0.3) is 0 Å². The molecule has 0 spiro atoms. The molecule has 12 rings (SSSR count). The average Bonchev–Trinajstić information content (AvgIpc) is 4.13. The van der Waals surface area contributed by atoms with Crippen molar-refractivity contribution >= 4 is 89.5 Å². The summed E-state index contributed by atoms with van der Waals surface area (Å²) in [5.41, 5.74) is 11.0. The minimum Gasteiger partial charge on any atom is -0.305 e. The van der Waals surface area contributed by atoms with E-state index in [-0.39, 0.29) is 40.2 Å². The Morgan fingerprint density at radius 1 is 0.397 bits per heavy atom. The van der Waals surface area contributed by atoms with E-state index in [0.717, 1.165) is 45.0 Å². The van der Waals surface area contributed by atoms with E-state index in [0.29, 0.717) is 11.8 Å². The second-order valence-electron chi connectivity index (χ2n) is 21.5. The number of pyridine rings is 4. The van der Waals surface area contributed by atoms with Crippen LogP contribution in [0.25, 0.3) is 85.4 Å². The van der Waals surface area contributed by atoms with Gasteiger partial charge in [-0.3, -0.25) is 0 Å². The van der Waals surface area contributed by atoms with Crippen LogP contribution in [0.15, 0.2) is 195 Å². The molecule has 4 nitrogen and oxygen atoms in total. The van der Waals surface area contributed by atoms with E-state index in [1.807, 2.05) is 120 Å². The van der Waals surface area contributed by atoms with E-state index in [1.165, 1.54) is 56.7 Å². The third-order valence-electron chi connectivity index (χ3n) is 13.2. The Balaban J connectivity index is 0.000000158. The number of rotatable bonds is 8. The van der Waals surface area contributed by atoms with Gasteiger partial charge in [-0.05, 0) is 91.2 Å². The number of thiophene rings is 2. The molecular formula is C68H64Ir2N4S2Si2-4. The van der Waals surface area contributed by atoms with Crippen LogP contribution in [0.5, 0.6) is 0 Å².